The fourth-order valence-electron chi connectivity index (χ4n) is 2.69. The Hall–Kier alpha value is -1.84. The van der Waals surface area contributed by atoms with E-state index in [0.717, 1.165) is 16.8 Å². The minimum Gasteiger partial charge on any atom is -0.481 e. The quantitative estimate of drug-likeness (QED) is 0.902. The van der Waals surface area contributed by atoms with Crippen molar-refractivity contribution in [2.45, 2.75) is 45.4 Å². The molecule has 0 saturated carbocycles. The first-order chi connectivity index (χ1) is 9.20. The number of rotatable bonds is 2. The Balaban J connectivity index is 2.47. The molecule has 0 fully saturated rings. The number of carboxylic acids is 1. The summed E-state index contributed by atoms with van der Waals surface area (Å²) < 4.78 is 0. The number of hydrogen-bond donors (Lipinski definition) is 1. The molecule has 1 aromatic carbocycles. The monoisotopic (exact) mass is 275 g/mol. The van der Waals surface area contributed by atoms with Crippen LogP contribution in [0.5, 0.6) is 0 Å². The molecule has 0 spiro atoms. The molecule has 0 aliphatic carbocycles. The molecule has 1 atom stereocenters. The molecule has 4 nitrogen and oxygen atoms in total. The van der Waals surface area contributed by atoms with Gasteiger partial charge in [-0.05, 0) is 22.6 Å². The van der Waals surface area contributed by atoms with Crippen molar-refractivity contribution in [2.24, 2.45) is 0 Å². The molecular formula is C16H21NO3. The summed E-state index contributed by atoms with van der Waals surface area (Å²) in [6.45, 7) is 8.35. The van der Waals surface area contributed by atoms with E-state index in [4.69, 9.17) is 5.11 Å². The summed E-state index contributed by atoms with van der Waals surface area (Å²) in [6, 6.07) is 6.03. The second-order valence-electron chi connectivity index (χ2n) is 6.45. The summed E-state index contributed by atoms with van der Waals surface area (Å²) >= 11 is 0. The molecule has 108 valence electrons. The van der Waals surface area contributed by atoms with Gasteiger partial charge in [0.1, 0.15) is 0 Å². The number of carbonyl (C=O) groups is 2. The van der Waals surface area contributed by atoms with Gasteiger partial charge in [-0.25, -0.2) is 0 Å². The summed E-state index contributed by atoms with van der Waals surface area (Å²) in [5.74, 6) is -0.983. The molecule has 1 heterocycles. The maximum absolute atomic E-state index is 11.7. The zero-order chi connectivity index (χ0) is 15.1. The van der Waals surface area contributed by atoms with Crippen LogP contribution in [0.4, 0.5) is 5.69 Å². The normalized spacial score (nSPS) is 18.0. The largest absolute Gasteiger partial charge is 0.481 e. The molecule has 1 unspecified atom stereocenters. The van der Waals surface area contributed by atoms with Crippen LogP contribution in [-0.4, -0.2) is 23.5 Å². The van der Waals surface area contributed by atoms with Gasteiger partial charge in [0.2, 0.25) is 5.91 Å². The minimum absolute atomic E-state index is 0.00640. The fourth-order valence-corrected chi connectivity index (χ4v) is 2.69. The van der Waals surface area contributed by atoms with E-state index in [-0.39, 0.29) is 23.7 Å². The van der Waals surface area contributed by atoms with Gasteiger partial charge in [-0.1, -0.05) is 32.9 Å². The van der Waals surface area contributed by atoms with Crippen molar-refractivity contribution < 1.29 is 14.7 Å². The first-order valence-corrected chi connectivity index (χ1v) is 6.84. The van der Waals surface area contributed by atoms with Gasteiger partial charge in [-0.15, -0.1) is 0 Å². The molecule has 1 aromatic rings. The molecule has 1 aliphatic heterocycles. The number of nitrogens with zero attached hydrogens (tertiary/aromatic N) is 1. The Labute approximate surface area is 119 Å². The van der Waals surface area contributed by atoms with Crippen LogP contribution in [0, 0.1) is 0 Å². The molecule has 20 heavy (non-hydrogen) atoms. The standard InChI is InChI=1S/C16H21NO3/c1-10(18)17-9-11(7-15(19)20)13-8-12(16(2,3)4)5-6-14(13)17/h5-6,8,11H,7,9H2,1-4H3,(H,19,20). The topological polar surface area (TPSA) is 57.6 Å². The number of hydrogen-bond acceptors (Lipinski definition) is 2. The van der Waals surface area contributed by atoms with Crippen LogP contribution >= 0.6 is 0 Å². The summed E-state index contributed by atoms with van der Waals surface area (Å²) in [7, 11) is 0. The summed E-state index contributed by atoms with van der Waals surface area (Å²) in [6.07, 6.45) is 0.0599. The predicted molar refractivity (Wildman–Crippen MR) is 78.2 cm³/mol. The zero-order valence-corrected chi connectivity index (χ0v) is 12.4. The molecule has 0 aromatic heterocycles. The van der Waals surface area contributed by atoms with Crippen LogP contribution in [-0.2, 0) is 15.0 Å². The number of amides is 1. The van der Waals surface area contributed by atoms with Crippen molar-refractivity contribution in [1.29, 1.82) is 0 Å². The number of carbonyl (C=O) groups excluding carboxylic acids is 1. The minimum atomic E-state index is -0.826. The molecular weight excluding hydrogens is 254 g/mol. The van der Waals surface area contributed by atoms with E-state index in [2.05, 4.69) is 26.8 Å². The van der Waals surface area contributed by atoms with Crippen LogP contribution in [0.25, 0.3) is 0 Å². The number of aliphatic carboxylic acids is 1. The molecule has 0 saturated heterocycles. The Bertz CT molecular complexity index is 557. The van der Waals surface area contributed by atoms with Crippen molar-refractivity contribution in [1.82, 2.24) is 0 Å². The van der Waals surface area contributed by atoms with E-state index in [0.29, 0.717) is 6.54 Å². The van der Waals surface area contributed by atoms with Gasteiger partial charge in [-0.3, -0.25) is 9.59 Å². The van der Waals surface area contributed by atoms with E-state index in [1.165, 1.54) is 6.92 Å². The number of benzene rings is 1. The molecule has 2 rings (SSSR count). The lowest BCUT2D eigenvalue weighted by molar-refractivity contribution is -0.137. The van der Waals surface area contributed by atoms with Crippen molar-refractivity contribution in [3.63, 3.8) is 0 Å². The maximum Gasteiger partial charge on any atom is 0.304 e. The molecule has 1 aliphatic rings. The highest BCUT2D eigenvalue weighted by Gasteiger charge is 2.33. The van der Waals surface area contributed by atoms with Gasteiger partial charge in [0.15, 0.2) is 0 Å². The zero-order valence-electron chi connectivity index (χ0n) is 12.4. The van der Waals surface area contributed by atoms with Gasteiger partial charge in [0.05, 0.1) is 6.42 Å². The fraction of sp³-hybridized carbons (Fsp3) is 0.500. The van der Waals surface area contributed by atoms with Crippen LogP contribution < -0.4 is 4.90 Å². The Morgan fingerprint density at radius 3 is 2.50 bits per heavy atom. The van der Waals surface area contributed by atoms with E-state index < -0.39 is 5.97 Å². The molecule has 1 amide bonds. The van der Waals surface area contributed by atoms with Crippen LogP contribution in [0.3, 0.4) is 0 Å². The Kier molecular flexibility index (Phi) is 3.59. The van der Waals surface area contributed by atoms with Crippen LogP contribution in [0.1, 0.15) is 51.2 Å². The summed E-state index contributed by atoms with van der Waals surface area (Å²) in [5.41, 5.74) is 3.01. The second kappa shape index (κ2) is 4.93. The van der Waals surface area contributed by atoms with Gasteiger partial charge in [0, 0.05) is 25.1 Å². The maximum atomic E-state index is 11.7. The van der Waals surface area contributed by atoms with Gasteiger partial charge >= 0.3 is 5.97 Å². The molecule has 1 N–H and O–H groups in total. The van der Waals surface area contributed by atoms with Gasteiger partial charge in [-0.2, -0.15) is 0 Å². The third-order valence-corrected chi connectivity index (χ3v) is 3.83. The third kappa shape index (κ3) is 2.69. The molecule has 0 bridgehead atoms. The third-order valence-electron chi connectivity index (χ3n) is 3.83. The highest BCUT2D eigenvalue weighted by Crippen LogP contribution is 2.40. The van der Waals surface area contributed by atoms with Crippen LogP contribution in [0.15, 0.2) is 18.2 Å². The Morgan fingerprint density at radius 2 is 2.00 bits per heavy atom. The van der Waals surface area contributed by atoms with Crippen molar-refractivity contribution in [3.05, 3.63) is 29.3 Å². The predicted octanol–water partition coefficient (Wildman–Crippen LogP) is 2.91. The van der Waals surface area contributed by atoms with Crippen molar-refractivity contribution >= 4 is 17.6 Å². The van der Waals surface area contributed by atoms with Crippen molar-refractivity contribution in [2.75, 3.05) is 11.4 Å². The lowest BCUT2D eigenvalue weighted by Gasteiger charge is -2.21. The first-order valence-electron chi connectivity index (χ1n) is 6.84. The van der Waals surface area contributed by atoms with E-state index in [1.807, 2.05) is 12.1 Å². The smallest absolute Gasteiger partial charge is 0.304 e. The van der Waals surface area contributed by atoms with Crippen molar-refractivity contribution in [3.8, 4) is 0 Å². The molecule has 4 heteroatoms. The summed E-state index contributed by atoms with van der Waals surface area (Å²) in [4.78, 5) is 24.4. The van der Waals surface area contributed by atoms with E-state index in [1.54, 1.807) is 4.90 Å². The second-order valence-corrected chi connectivity index (χ2v) is 6.45. The average molecular weight is 275 g/mol. The van der Waals surface area contributed by atoms with E-state index in [9.17, 15) is 9.59 Å². The SMILES string of the molecule is CC(=O)N1CC(CC(=O)O)c2cc(C(C)(C)C)ccc21. The first kappa shape index (κ1) is 14.6. The van der Waals surface area contributed by atoms with Gasteiger partial charge in [0.25, 0.3) is 0 Å². The average Bonchev–Trinajstić information content (AvgIpc) is 2.66. The summed E-state index contributed by atoms with van der Waals surface area (Å²) in [5, 5.41) is 9.05. The van der Waals surface area contributed by atoms with Crippen LogP contribution in [0.2, 0.25) is 0 Å². The number of anilines is 1. The Morgan fingerprint density at radius 1 is 1.35 bits per heavy atom. The lowest BCUT2D eigenvalue weighted by Crippen LogP contribution is -2.27. The number of carboxylic acid groups (broad SMARTS) is 1. The van der Waals surface area contributed by atoms with E-state index >= 15 is 0 Å². The highest BCUT2D eigenvalue weighted by molar-refractivity contribution is 5.94. The highest BCUT2D eigenvalue weighted by atomic mass is 16.4. The number of fused-ring (bicyclic) bond motifs is 1. The lowest BCUT2D eigenvalue weighted by atomic mass is 9.84. The van der Waals surface area contributed by atoms with Gasteiger partial charge < -0.3 is 10.0 Å². The molecule has 0 radical (unpaired) electrons.